The molecule has 3 nitrogen and oxygen atoms in total. The summed E-state index contributed by atoms with van der Waals surface area (Å²) in [5.41, 5.74) is 3.13. The van der Waals surface area contributed by atoms with E-state index in [4.69, 9.17) is 0 Å². The summed E-state index contributed by atoms with van der Waals surface area (Å²) in [6, 6.07) is 9.84. The highest BCUT2D eigenvalue weighted by molar-refractivity contribution is 5.51. The molecule has 1 aromatic carbocycles. The summed E-state index contributed by atoms with van der Waals surface area (Å²) >= 11 is 0. The monoisotopic (exact) mass is 243 g/mol. The van der Waals surface area contributed by atoms with E-state index in [-0.39, 0.29) is 0 Å². The molecule has 3 heteroatoms. The van der Waals surface area contributed by atoms with Gasteiger partial charge in [-0.2, -0.15) is 0 Å². The molecule has 0 unspecified atom stereocenters. The molecule has 0 aliphatic carbocycles. The third-order valence-electron chi connectivity index (χ3n) is 2.96. The van der Waals surface area contributed by atoms with Crippen molar-refractivity contribution in [3.05, 3.63) is 53.9 Å². The average molecular weight is 243 g/mol. The summed E-state index contributed by atoms with van der Waals surface area (Å²) in [7, 11) is 2.01. The van der Waals surface area contributed by atoms with Gasteiger partial charge in [0.25, 0.3) is 0 Å². The Balaban J connectivity index is 2.04. The number of benzene rings is 1. The highest BCUT2D eigenvalue weighted by Crippen LogP contribution is 2.22. The van der Waals surface area contributed by atoms with Crippen LogP contribution in [0.5, 0.6) is 5.75 Å². The molecule has 94 valence electrons. The molecule has 0 aliphatic heterocycles. The first-order chi connectivity index (χ1) is 8.69. The molecule has 1 heterocycles. The van der Waals surface area contributed by atoms with E-state index in [2.05, 4.69) is 17.6 Å². The van der Waals surface area contributed by atoms with Crippen molar-refractivity contribution in [2.75, 3.05) is 5.32 Å². The molecule has 0 saturated heterocycles. The van der Waals surface area contributed by atoms with Crippen LogP contribution in [0.3, 0.4) is 0 Å². The number of aromatic hydroxyl groups is 1. The van der Waals surface area contributed by atoms with E-state index in [1.807, 2.05) is 42.9 Å². The molecule has 0 aliphatic rings. The van der Waals surface area contributed by atoms with Gasteiger partial charge < -0.3 is 10.4 Å². The third kappa shape index (κ3) is 3.00. The van der Waals surface area contributed by atoms with Crippen LogP contribution < -0.4 is 9.88 Å². The van der Waals surface area contributed by atoms with Crippen molar-refractivity contribution >= 4 is 5.69 Å². The van der Waals surface area contributed by atoms with E-state index in [9.17, 15) is 5.11 Å². The standard InChI is InChI=1S/C15H18N2O/c1-3-13-6-7-14(9-15(13)18)16-10-12-5-4-8-17(2)11-12/h4-9,11,16H,3,10H2,1-2H3/p+1. The van der Waals surface area contributed by atoms with Crippen molar-refractivity contribution < 1.29 is 9.67 Å². The number of hydrogen-bond donors (Lipinski definition) is 2. The maximum Gasteiger partial charge on any atom is 0.173 e. The molecule has 0 saturated carbocycles. The van der Waals surface area contributed by atoms with E-state index in [1.54, 1.807) is 6.07 Å². The van der Waals surface area contributed by atoms with Gasteiger partial charge >= 0.3 is 0 Å². The lowest BCUT2D eigenvalue weighted by Crippen LogP contribution is -2.27. The number of hydrogen-bond acceptors (Lipinski definition) is 2. The van der Waals surface area contributed by atoms with Crippen molar-refractivity contribution in [2.24, 2.45) is 7.05 Å². The topological polar surface area (TPSA) is 36.1 Å². The number of aryl methyl sites for hydroxylation is 2. The number of rotatable bonds is 4. The molecule has 0 spiro atoms. The molecule has 0 amide bonds. The van der Waals surface area contributed by atoms with Crippen molar-refractivity contribution in [3.8, 4) is 5.75 Å². The fourth-order valence-corrected chi connectivity index (χ4v) is 1.93. The molecule has 0 atom stereocenters. The first kappa shape index (κ1) is 12.4. The van der Waals surface area contributed by atoms with Crippen molar-refractivity contribution in [1.29, 1.82) is 0 Å². The molecule has 2 aromatic rings. The Morgan fingerprint density at radius 1 is 1.28 bits per heavy atom. The van der Waals surface area contributed by atoms with Crippen LogP contribution in [-0.2, 0) is 20.0 Å². The molecule has 0 radical (unpaired) electrons. The molecule has 0 fully saturated rings. The molecule has 18 heavy (non-hydrogen) atoms. The third-order valence-corrected chi connectivity index (χ3v) is 2.96. The molecular formula is C15H19N2O+. The van der Waals surface area contributed by atoms with Crippen LogP contribution in [0.4, 0.5) is 5.69 Å². The van der Waals surface area contributed by atoms with Crippen LogP contribution >= 0.6 is 0 Å². The summed E-state index contributed by atoms with van der Waals surface area (Å²) in [5.74, 6) is 0.362. The lowest BCUT2D eigenvalue weighted by molar-refractivity contribution is -0.671. The molecule has 1 aromatic heterocycles. The first-order valence-corrected chi connectivity index (χ1v) is 6.19. The van der Waals surface area contributed by atoms with Crippen molar-refractivity contribution in [3.63, 3.8) is 0 Å². The summed E-state index contributed by atoms with van der Waals surface area (Å²) < 4.78 is 2.02. The summed E-state index contributed by atoms with van der Waals surface area (Å²) in [5, 5.41) is 13.1. The minimum Gasteiger partial charge on any atom is -0.508 e. The zero-order valence-electron chi connectivity index (χ0n) is 10.9. The van der Waals surface area contributed by atoms with Crippen molar-refractivity contribution in [2.45, 2.75) is 19.9 Å². The number of phenols is 1. The number of pyridine rings is 1. The fraction of sp³-hybridized carbons (Fsp3) is 0.267. The maximum absolute atomic E-state index is 9.79. The van der Waals surface area contributed by atoms with Crippen LogP contribution in [0.15, 0.2) is 42.7 Å². The van der Waals surface area contributed by atoms with Gasteiger partial charge in [-0.3, -0.25) is 0 Å². The number of phenolic OH excluding ortho intramolecular Hbond substituents is 1. The quantitative estimate of drug-likeness (QED) is 0.809. The molecule has 2 N–H and O–H groups in total. The van der Waals surface area contributed by atoms with E-state index in [0.29, 0.717) is 5.75 Å². The molecular weight excluding hydrogens is 224 g/mol. The van der Waals surface area contributed by atoms with Gasteiger partial charge in [0.2, 0.25) is 0 Å². The highest BCUT2D eigenvalue weighted by Gasteiger charge is 2.02. The summed E-state index contributed by atoms with van der Waals surface area (Å²) in [6.07, 6.45) is 4.93. The van der Waals surface area contributed by atoms with Gasteiger partial charge in [0.05, 0.1) is 0 Å². The Morgan fingerprint density at radius 3 is 2.78 bits per heavy atom. The second-order valence-corrected chi connectivity index (χ2v) is 4.43. The van der Waals surface area contributed by atoms with Crippen LogP contribution in [0.2, 0.25) is 0 Å². The van der Waals surface area contributed by atoms with Gasteiger partial charge in [0.15, 0.2) is 12.4 Å². The largest absolute Gasteiger partial charge is 0.508 e. The normalized spacial score (nSPS) is 10.3. The van der Waals surface area contributed by atoms with Gasteiger partial charge in [-0.05, 0) is 24.1 Å². The van der Waals surface area contributed by atoms with Gasteiger partial charge in [-0.1, -0.05) is 13.0 Å². The SMILES string of the molecule is CCc1ccc(NCc2ccc[n+](C)c2)cc1O. The Hall–Kier alpha value is -2.03. The summed E-state index contributed by atoms with van der Waals surface area (Å²) in [4.78, 5) is 0. The van der Waals surface area contributed by atoms with Gasteiger partial charge in [-0.15, -0.1) is 0 Å². The first-order valence-electron chi connectivity index (χ1n) is 6.19. The summed E-state index contributed by atoms with van der Waals surface area (Å²) in [6.45, 7) is 2.78. The van der Waals surface area contributed by atoms with E-state index >= 15 is 0 Å². The number of aromatic nitrogens is 1. The fourth-order valence-electron chi connectivity index (χ4n) is 1.93. The van der Waals surface area contributed by atoms with Crippen LogP contribution in [0.25, 0.3) is 0 Å². The van der Waals surface area contributed by atoms with E-state index in [0.717, 1.165) is 24.2 Å². The lowest BCUT2D eigenvalue weighted by Gasteiger charge is -2.08. The van der Waals surface area contributed by atoms with Crippen LogP contribution in [0, 0.1) is 0 Å². The average Bonchev–Trinajstić information content (AvgIpc) is 2.37. The Labute approximate surface area is 108 Å². The second kappa shape index (κ2) is 5.54. The van der Waals surface area contributed by atoms with Crippen molar-refractivity contribution in [1.82, 2.24) is 0 Å². The number of nitrogens with one attached hydrogen (secondary N) is 1. The van der Waals surface area contributed by atoms with Crippen LogP contribution in [-0.4, -0.2) is 5.11 Å². The predicted octanol–water partition coefficient (Wildman–Crippen LogP) is 2.39. The van der Waals surface area contributed by atoms with Crippen LogP contribution in [0.1, 0.15) is 18.1 Å². The Kier molecular flexibility index (Phi) is 3.82. The smallest absolute Gasteiger partial charge is 0.173 e. The van der Waals surface area contributed by atoms with Gasteiger partial charge in [0.1, 0.15) is 12.8 Å². The second-order valence-electron chi connectivity index (χ2n) is 4.43. The maximum atomic E-state index is 9.79. The van der Waals surface area contributed by atoms with Gasteiger partial charge in [0, 0.05) is 29.9 Å². The highest BCUT2D eigenvalue weighted by atomic mass is 16.3. The van der Waals surface area contributed by atoms with E-state index in [1.165, 1.54) is 5.56 Å². The number of anilines is 1. The lowest BCUT2D eigenvalue weighted by atomic mass is 10.1. The van der Waals surface area contributed by atoms with E-state index < -0.39 is 0 Å². The predicted molar refractivity (Wildman–Crippen MR) is 72.4 cm³/mol. The zero-order valence-corrected chi connectivity index (χ0v) is 10.9. The molecule has 2 rings (SSSR count). The Bertz CT molecular complexity index is 538. The molecule has 0 bridgehead atoms. The number of nitrogens with zero attached hydrogens (tertiary/aromatic N) is 1. The zero-order chi connectivity index (χ0) is 13.0. The minimum absolute atomic E-state index is 0.362. The van der Waals surface area contributed by atoms with Gasteiger partial charge in [-0.25, -0.2) is 4.57 Å². The minimum atomic E-state index is 0.362. The Morgan fingerprint density at radius 2 is 2.11 bits per heavy atom.